The van der Waals surface area contributed by atoms with E-state index in [9.17, 15) is 10.2 Å². The van der Waals surface area contributed by atoms with Gasteiger partial charge in [0.2, 0.25) is 0 Å². The molecule has 186 valence electrons. The molecule has 6 atom stereocenters. The highest BCUT2D eigenvalue weighted by Crippen LogP contribution is 2.62. The molecule has 2 heterocycles. The lowest BCUT2D eigenvalue weighted by Gasteiger charge is -2.68. The third-order valence-electron chi connectivity index (χ3n) is 9.61. The Balaban J connectivity index is 1.65. The number of aliphatic hydroxyl groups excluding tert-OH is 1. The van der Waals surface area contributed by atoms with Crippen LogP contribution in [0.1, 0.15) is 75.5 Å². The van der Waals surface area contributed by atoms with Crippen molar-refractivity contribution in [1.29, 1.82) is 0 Å². The number of nitrogens with one attached hydrogen (secondary N) is 1. The molecule has 6 rings (SSSR count). The lowest BCUT2D eigenvalue weighted by atomic mass is 9.48. The van der Waals surface area contributed by atoms with E-state index in [-0.39, 0.29) is 29.6 Å². The van der Waals surface area contributed by atoms with Gasteiger partial charge in [-0.15, -0.1) is 0 Å². The van der Waals surface area contributed by atoms with E-state index in [0.717, 1.165) is 44.2 Å². The third kappa shape index (κ3) is 3.78. The van der Waals surface area contributed by atoms with Crippen LogP contribution in [-0.2, 0) is 24.1 Å². The third-order valence-corrected chi connectivity index (χ3v) is 9.61. The molecule has 0 aromatic heterocycles. The summed E-state index contributed by atoms with van der Waals surface area (Å²) in [6.07, 6.45) is 8.99. The highest BCUT2D eigenvalue weighted by Gasteiger charge is 2.68. The molecule has 1 spiro atoms. The second kappa shape index (κ2) is 8.82. The van der Waals surface area contributed by atoms with Crippen molar-refractivity contribution in [2.24, 2.45) is 29.4 Å². The van der Waals surface area contributed by atoms with E-state index < -0.39 is 5.54 Å². The zero-order valence-electron chi connectivity index (χ0n) is 21.1. The summed E-state index contributed by atoms with van der Waals surface area (Å²) in [5.41, 5.74) is 9.75. The fraction of sp³-hybridized carbons (Fsp3) is 0.724. The van der Waals surface area contributed by atoms with Crippen LogP contribution in [0.25, 0.3) is 0 Å². The lowest BCUT2D eigenvalue weighted by Crippen LogP contribution is -2.77. The molecule has 0 radical (unpaired) electrons. The Labute approximate surface area is 204 Å². The molecule has 1 aromatic rings. The summed E-state index contributed by atoms with van der Waals surface area (Å²) in [5, 5.41) is 23.8. The minimum Gasteiger partial charge on any atom is -0.508 e. The highest BCUT2D eigenvalue weighted by atomic mass is 16.5. The van der Waals surface area contributed by atoms with Gasteiger partial charge in [-0.05, 0) is 100 Å². The van der Waals surface area contributed by atoms with Crippen LogP contribution in [0.3, 0.4) is 0 Å². The average Bonchev–Trinajstić information content (AvgIpc) is 2.78. The zero-order valence-corrected chi connectivity index (χ0v) is 21.1. The van der Waals surface area contributed by atoms with E-state index >= 15 is 0 Å². The molecule has 1 aromatic carbocycles. The summed E-state index contributed by atoms with van der Waals surface area (Å²) < 4.78 is 7.11. The van der Waals surface area contributed by atoms with Gasteiger partial charge in [-0.3, -0.25) is 0 Å². The van der Waals surface area contributed by atoms with Gasteiger partial charge in [-0.1, -0.05) is 24.7 Å². The summed E-state index contributed by atoms with van der Waals surface area (Å²) in [7, 11) is 1.96. The zero-order chi connectivity index (χ0) is 24.1. The molecule has 5 N–H and O–H groups in total. The minimum absolute atomic E-state index is 0.0781. The number of benzene rings is 1. The molecule has 2 saturated heterocycles. The number of phenols is 1. The van der Waals surface area contributed by atoms with Crippen molar-refractivity contribution in [3.8, 4) is 17.6 Å². The quantitative estimate of drug-likeness (QED) is 0.509. The molecule has 6 unspecified atom stereocenters. The van der Waals surface area contributed by atoms with Gasteiger partial charge in [0.05, 0.1) is 17.1 Å². The number of nitrogens with two attached hydrogens (primary N) is 1. The molecular formula is C29H42N2O3. The maximum absolute atomic E-state index is 10.5. The molecule has 5 aliphatic rings. The topological polar surface area (TPSA) is 87.7 Å². The standard InChI is InChI=1S/C29H42N2O3/c1-27(2)25-10-11-29(34-27)22-8-4-6-19(14-22)15-24-20(16-23(33)17-21(24)18-31-3)7-5-9-26(29)28(25,30)12-13-32/h16-17,19,22,25-26,31-33H,4,6-8,10-15,18,30H2,1-3H3. The van der Waals surface area contributed by atoms with E-state index in [4.69, 9.17) is 10.5 Å². The lowest BCUT2D eigenvalue weighted by molar-refractivity contribution is -0.306. The Kier molecular flexibility index (Phi) is 6.26. The van der Waals surface area contributed by atoms with Crippen molar-refractivity contribution in [3.05, 3.63) is 28.8 Å². The van der Waals surface area contributed by atoms with Crippen LogP contribution in [0.4, 0.5) is 0 Å². The molecule has 2 saturated carbocycles. The monoisotopic (exact) mass is 466 g/mol. The van der Waals surface area contributed by atoms with Crippen LogP contribution in [-0.4, -0.2) is 40.6 Å². The Morgan fingerprint density at radius 2 is 2.06 bits per heavy atom. The number of rotatable bonds is 4. The van der Waals surface area contributed by atoms with Gasteiger partial charge >= 0.3 is 0 Å². The van der Waals surface area contributed by atoms with Gasteiger partial charge < -0.3 is 26.0 Å². The Morgan fingerprint density at radius 1 is 1.24 bits per heavy atom. The number of aromatic hydroxyl groups is 1. The smallest absolute Gasteiger partial charge is 0.116 e. The van der Waals surface area contributed by atoms with E-state index in [1.165, 1.54) is 24.0 Å². The van der Waals surface area contributed by atoms with Crippen molar-refractivity contribution in [2.75, 3.05) is 13.7 Å². The number of fused-ring (bicyclic) bond motifs is 5. The van der Waals surface area contributed by atoms with E-state index in [2.05, 4.69) is 31.0 Å². The first kappa shape index (κ1) is 24.1. The summed E-state index contributed by atoms with van der Waals surface area (Å²) in [4.78, 5) is 0. The summed E-state index contributed by atoms with van der Waals surface area (Å²) in [6, 6.07) is 3.83. The molecular weight excluding hydrogens is 424 g/mol. The molecule has 5 heteroatoms. The van der Waals surface area contributed by atoms with Crippen LogP contribution >= 0.6 is 0 Å². The van der Waals surface area contributed by atoms with Crippen molar-refractivity contribution < 1.29 is 14.9 Å². The molecule has 0 amide bonds. The van der Waals surface area contributed by atoms with Crippen LogP contribution in [0, 0.1) is 35.5 Å². The van der Waals surface area contributed by atoms with E-state index in [1.807, 2.05) is 19.2 Å². The Bertz CT molecular complexity index is 995. The number of ether oxygens (including phenoxy) is 1. The van der Waals surface area contributed by atoms with Gasteiger partial charge in [-0.2, -0.15) is 0 Å². The first-order valence-electron chi connectivity index (χ1n) is 13.3. The summed E-state index contributed by atoms with van der Waals surface area (Å²) in [6.45, 7) is 5.23. The average molecular weight is 467 g/mol. The van der Waals surface area contributed by atoms with Crippen molar-refractivity contribution in [3.63, 3.8) is 0 Å². The number of aliphatic hydroxyl groups is 1. The largest absolute Gasteiger partial charge is 0.508 e. The second-order valence-electron chi connectivity index (χ2n) is 12.0. The number of phenolic OH excluding ortho intramolecular Hbond substituents is 1. The summed E-state index contributed by atoms with van der Waals surface area (Å²) >= 11 is 0. The van der Waals surface area contributed by atoms with Crippen molar-refractivity contribution >= 4 is 0 Å². The maximum Gasteiger partial charge on any atom is 0.116 e. The molecule has 4 bridgehead atoms. The minimum atomic E-state index is -0.554. The van der Waals surface area contributed by atoms with Crippen LogP contribution in [0.15, 0.2) is 12.1 Å². The Morgan fingerprint density at radius 3 is 2.79 bits per heavy atom. The maximum atomic E-state index is 10.5. The van der Waals surface area contributed by atoms with E-state index in [1.54, 1.807) is 0 Å². The van der Waals surface area contributed by atoms with Crippen molar-refractivity contribution in [1.82, 2.24) is 5.32 Å². The molecule has 4 fully saturated rings. The number of hydrogen-bond acceptors (Lipinski definition) is 5. The first-order valence-corrected chi connectivity index (χ1v) is 13.3. The predicted octanol–water partition coefficient (Wildman–Crippen LogP) is 3.67. The second-order valence-corrected chi connectivity index (χ2v) is 12.0. The van der Waals surface area contributed by atoms with Crippen LogP contribution < -0.4 is 11.1 Å². The fourth-order valence-corrected chi connectivity index (χ4v) is 8.40. The van der Waals surface area contributed by atoms with Crippen LogP contribution in [0.2, 0.25) is 0 Å². The Hall–Kier alpha value is -1.58. The van der Waals surface area contributed by atoms with Gasteiger partial charge in [0.15, 0.2) is 0 Å². The van der Waals surface area contributed by atoms with Crippen molar-refractivity contribution in [2.45, 2.75) is 94.9 Å². The SMILES string of the molecule is CNCc1cc(O)cc2c1CC1CCCC(C1)C13CCC(C(C)(C)O1)C(N)(CCO)C3C#CC2. The molecule has 34 heavy (non-hydrogen) atoms. The first-order chi connectivity index (χ1) is 16.2. The molecule has 2 aliphatic heterocycles. The summed E-state index contributed by atoms with van der Waals surface area (Å²) in [5.74, 6) is 8.59. The van der Waals surface area contributed by atoms with Gasteiger partial charge in [0.25, 0.3) is 0 Å². The van der Waals surface area contributed by atoms with E-state index in [0.29, 0.717) is 30.4 Å². The predicted molar refractivity (Wildman–Crippen MR) is 134 cm³/mol. The van der Waals surface area contributed by atoms with Crippen LogP contribution in [0.5, 0.6) is 5.75 Å². The fourth-order valence-electron chi connectivity index (χ4n) is 8.40. The molecule has 5 nitrogen and oxygen atoms in total. The normalized spacial score (nSPS) is 38.1. The van der Waals surface area contributed by atoms with Gasteiger partial charge in [0.1, 0.15) is 5.75 Å². The highest BCUT2D eigenvalue weighted by molar-refractivity contribution is 5.44. The molecule has 3 aliphatic carbocycles. The van der Waals surface area contributed by atoms with Gasteiger partial charge in [0, 0.05) is 31.0 Å². The van der Waals surface area contributed by atoms with Gasteiger partial charge in [-0.25, -0.2) is 0 Å². The number of hydrogen-bond donors (Lipinski definition) is 4.